The number of benzene rings is 1. The van der Waals surface area contributed by atoms with Crippen LogP contribution in [0.4, 0.5) is 10.5 Å². The molecule has 0 spiro atoms. The molecule has 1 saturated heterocycles. The molecule has 1 aliphatic rings. The molecule has 0 aromatic heterocycles. The highest BCUT2D eigenvalue weighted by molar-refractivity contribution is 5.89. The third-order valence-electron chi connectivity index (χ3n) is 2.68. The number of halogens is 1. The highest BCUT2D eigenvalue weighted by atomic mass is 35.5. The molecule has 1 unspecified atom stereocenters. The van der Waals surface area contributed by atoms with Gasteiger partial charge in [-0.3, -0.25) is 0 Å². The normalized spacial score (nSPS) is 19.4. The summed E-state index contributed by atoms with van der Waals surface area (Å²) < 4.78 is 0. The van der Waals surface area contributed by atoms with E-state index in [1.807, 2.05) is 35.2 Å². The van der Waals surface area contributed by atoms with Crippen LogP contribution in [0.1, 0.15) is 6.92 Å². The maximum Gasteiger partial charge on any atom is 0.321 e. The molecule has 1 aromatic carbocycles. The zero-order chi connectivity index (χ0) is 11.4. The number of piperazine rings is 1. The van der Waals surface area contributed by atoms with Crippen molar-refractivity contribution in [3.63, 3.8) is 0 Å². The molecule has 94 valence electrons. The van der Waals surface area contributed by atoms with E-state index in [-0.39, 0.29) is 18.4 Å². The average molecular weight is 256 g/mol. The molecule has 17 heavy (non-hydrogen) atoms. The monoisotopic (exact) mass is 255 g/mol. The molecule has 0 bridgehead atoms. The van der Waals surface area contributed by atoms with Crippen LogP contribution in [-0.2, 0) is 0 Å². The summed E-state index contributed by atoms with van der Waals surface area (Å²) in [7, 11) is 0. The Morgan fingerprint density at radius 1 is 1.41 bits per heavy atom. The van der Waals surface area contributed by atoms with Gasteiger partial charge >= 0.3 is 6.03 Å². The van der Waals surface area contributed by atoms with E-state index in [0.717, 1.165) is 25.3 Å². The number of para-hydroxylation sites is 1. The summed E-state index contributed by atoms with van der Waals surface area (Å²) in [5.41, 5.74) is 0.846. The fourth-order valence-corrected chi connectivity index (χ4v) is 1.84. The van der Waals surface area contributed by atoms with Gasteiger partial charge in [0.05, 0.1) is 0 Å². The molecule has 1 aromatic rings. The van der Waals surface area contributed by atoms with Gasteiger partial charge in [-0.15, -0.1) is 12.4 Å². The van der Waals surface area contributed by atoms with Crippen molar-refractivity contribution in [2.24, 2.45) is 0 Å². The molecule has 1 fully saturated rings. The van der Waals surface area contributed by atoms with Crippen molar-refractivity contribution in [2.75, 3.05) is 25.0 Å². The van der Waals surface area contributed by atoms with Gasteiger partial charge in [-0.25, -0.2) is 4.79 Å². The summed E-state index contributed by atoms with van der Waals surface area (Å²) in [5.74, 6) is 0. The molecule has 0 saturated carbocycles. The van der Waals surface area contributed by atoms with Gasteiger partial charge in [-0.05, 0) is 19.1 Å². The van der Waals surface area contributed by atoms with Gasteiger partial charge in [0.2, 0.25) is 0 Å². The Balaban J connectivity index is 0.00000144. The molecule has 2 rings (SSSR count). The van der Waals surface area contributed by atoms with Gasteiger partial charge in [-0.2, -0.15) is 0 Å². The van der Waals surface area contributed by atoms with Gasteiger partial charge in [0.15, 0.2) is 0 Å². The predicted octanol–water partition coefficient (Wildman–Crippen LogP) is 1.93. The SMILES string of the molecule is CC1CN(C(=O)Nc2ccccc2)CCN1.Cl. The number of hydrogen-bond acceptors (Lipinski definition) is 2. The molecule has 4 nitrogen and oxygen atoms in total. The predicted molar refractivity (Wildman–Crippen MR) is 71.7 cm³/mol. The lowest BCUT2D eigenvalue weighted by Gasteiger charge is -2.31. The number of amides is 2. The van der Waals surface area contributed by atoms with Crippen LogP contribution in [-0.4, -0.2) is 36.6 Å². The summed E-state index contributed by atoms with van der Waals surface area (Å²) in [6, 6.07) is 9.90. The van der Waals surface area contributed by atoms with Crippen LogP contribution in [0.3, 0.4) is 0 Å². The lowest BCUT2D eigenvalue weighted by atomic mass is 10.2. The quantitative estimate of drug-likeness (QED) is 0.806. The molecule has 1 aliphatic heterocycles. The summed E-state index contributed by atoms with van der Waals surface area (Å²) in [5, 5.41) is 6.20. The third-order valence-corrected chi connectivity index (χ3v) is 2.68. The molecule has 0 radical (unpaired) electrons. The minimum absolute atomic E-state index is 0. The minimum Gasteiger partial charge on any atom is -0.322 e. The van der Waals surface area contributed by atoms with Crippen LogP contribution in [0, 0.1) is 0 Å². The lowest BCUT2D eigenvalue weighted by Crippen LogP contribution is -2.52. The number of nitrogens with one attached hydrogen (secondary N) is 2. The molecule has 2 N–H and O–H groups in total. The first-order valence-corrected chi connectivity index (χ1v) is 5.60. The van der Waals surface area contributed by atoms with Crippen LogP contribution < -0.4 is 10.6 Å². The Bertz CT molecular complexity index is 358. The molecule has 2 amide bonds. The molecule has 1 heterocycles. The smallest absolute Gasteiger partial charge is 0.321 e. The van der Waals surface area contributed by atoms with E-state index in [9.17, 15) is 4.79 Å². The summed E-state index contributed by atoms with van der Waals surface area (Å²) in [6.07, 6.45) is 0. The van der Waals surface area contributed by atoms with E-state index in [4.69, 9.17) is 0 Å². The zero-order valence-corrected chi connectivity index (χ0v) is 10.7. The van der Waals surface area contributed by atoms with E-state index in [2.05, 4.69) is 17.6 Å². The Morgan fingerprint density at radius 3 is 2.76 bits per heavy atom. The van der Waals surface area contributed by atoms with Crippen molar-refractivity contribution in [2.45, 2.75) is 13.0 Å². The van der Waals surface area contributed by atoms with Gasteiger partial charge in [0, 0.05) is 31.4 Å². The van der Waals surface area contributed by atoms with Crippen LogP contribution in [0.5, 0.6) is 0 Å². The molecule has 5 heteroatoms. The van der Waals surface area contributed by atoms with Crippen LogP contribution in [0.25, 0.3) is 0 Å². The molecular weight excluding hydrogens is 238 g/mol. The van der Waals surface area contributed by atoms with E-state index >= 15 is 0 Å². The second kappa shape index (κ2) is 6.47. The second-order valence-electron chi connectivity index (χ2n) is 4.10. The van der Waals surface area contributed by atoms with Gasteiger partial charge in [-0.1, -0.05) is 18.2 Å². The van der Waals surface area contributed by atoms with Crippen molar-refractivity contribution in [3.8, 4) is 0 Å². The highest BCUT2D eigenvalue weighted by Crippen LogP contribution is 2.07. The first kappa shape index (κ1) is 13.8. The van der Waals surface area contributed by atoms with Gasteiger partial charge < -0.3 is 15.5 Å². The average Bonchev–Trinajstić information content (AvgIpc) is 2.30. The summed E-state index contributed by atoms with van der Waals surface area (Å²) in [4.78, 5) is 13.7. The molecule has 1 atom stereocenters. The zero-order valence-electron chi connectivity index (χ0n) is 9.85. The van der Waals surface area contributed by atoms with Crippen molar-refractivity contribution < 1.29 is 4.79 Å². The fraction of sp³-hybridized carbons (Fsp3) is 0.417. The van der Waals surface area contributed by atoms with Crippen LogP contribution >= 0.6 is 12.4 Å². The van der Waals surface area contributed by atoms with E-state index in [1.165, 1.54) is 0 Å². The van der Waals surface area contributed by atoms with Crippen molar-refractivity contribution in [1.82, 2.24) is 10.2 Å². The number of nitrogens with zero attached hydrogens (tertiary/aromatic N) is 1. The van der Waals surface area contributed by atoms with Crippen LogP contribution in [0.2, 0.25) is 0 Å². The fourth-order valence-electron chi connectivity index (χ4n) is 1.84. The number of anilines is 1. The van der Waals surface area contributed by atoms with E-state index in [0.29, 0.717) is 6.04 Å². The number of urea groups is 1. The van der Waals surface area contributed by atoms with Crippen molar-refractivity contribution in [1.29, 1.82) is 0 Å². The van der Waals surface area contributed by atoms with E-state index < -0.39 is 0 Å². The van der Waals surface area contributed by atoms with Crippen molar-refractivity contribution in [3.05, 3.63) is 30.3 Å². The highest BCUT2D eigenvalue weighted by Gasteiger charge is 2.19. The Kier molecular flexibility index (Phi) is 5.25. The maximum atomic E-state index is 11.9. The standard InChI is InChI=1S/C12H17N3O.ClH/c1-10-9-15(8-7-13-10)12(16)14-11-5-3-2-4-6-11;/h2-6,10,13H,7-9H2,1H3,(H,14,16);1H. The minimum atomic E-state index is -0.0143. The third kappa shape index (κ3) is 3.91. The summed E-state index contributed by atoms with van der Waals surface area (Å²) in [6.45, 7) is 4.48. The van der Waals surface area contributed by atoms with Crippen molar-refractivity contribution >= 4 is 24.1 Å². The summed E-state index contributed by atoms with van der Waals surface area (Å²) >= 11 is 0. The Labute approximate surface area is 108 Å². The first-order chi connectivity index (χ1) is 7.75. The number of rotatable bonds is 1. The number of carbonyl (C=O) groups is 1. The number of carbonyl (C=O) groups excluding carboxylic acids is 1. The van der Waals surface area contributed by atoms with Gasteiger partial charge in [0.25, 0.3) is 0 Å². The second-order valence-corrected chi connectivity index (χ2v) is 4.10. The lowest BCUT2D eigenvalue weighted by molar-refractivity contribution is 0.192. The first-order valence-electron chi connectivity index (χ1n) is 5.60. The molecular formula is C12H18ClN3O. The number of hydrogen-bond donors (Lipinski definition) is 2. The Hall–Kier alpha value is -1.26. The van der Waals surface area contributed by atoms with Crippen LogP contribution in [0.15, 0.2) is 30.3 Å². The molecule has 0 aliphatic carbocycles. The largest absolute Gasteiger partial charge is 0.322 e. The van der Waals surface area contributed by atoms with Gasteiger partial charge in [0.1, 0.15) is 0 Å². The van der Waals surface area contributed by atoms with E-state index in [1.54, 1.807) is 0 Å². The Morgan fingerprint density at radius 2 is 2.12 bits per heavy atom. The topological polar surface area (TPSA) is 44.4 Å². The maximum absolute atomic E-state index is 11.9.